The zero-order valence-corrected chi connectivity index (χ0v) is 24.7. The summed E-state index contributed by atoms with van der Waals surface area (Å²) in [5.41, 5.74) is 11.9. The van der Waals surface area contributed by atoms with Crippen molar-refractivity contribution in [3.63, 3.8) is 0 Å². The second-order valence-electron chi connectivity index (χ2n) is 10.8. The number of nitrogens with two attached hydrogens (primary N) is 1. The van der Waals surface area contributed by atoms with Crippen LogP contribution in [-0.2, 0) is 27.2 Å². The summed E-state index contributed by atoms with van der Waals surface area (Å²) in [5.74, 6) is -1.49. The highest BCUT2D eigenvalue weighted by Gasteiger charge is 2.20. The third-order valence-corrected chi connectivity index (χ3v) is 6.55. The van der Waals surface area contributed by atoms with Crippen molar-refractivity contribution in [1.29, 1.82) is 0 Å². The molecule has 3 aromatic carbocycles. The lowest BCUT2D eigenvalue weighted by molar-refractivity contribution is -0.154. The molecule has 3 aromatic rings. The van der Waals surface area contributed by atoms with Gasteiger partial charge in [0.15, 0.2) is 5.84 Å². The van der Waals surface area contributed by atoms with Gasteiger partial charge in [-0.25, -0.2) is 0 Å². The topological polar surface area (TPSA) is 122 Å². The summed E-state index contributed by atoms with van der Waals surface area (Å²) < 4.78 is 5.26. The largest absolute Gasteiger partial charge is 0.481 e. The van der Waals surface area contributed by atoms with Crippen molar-refractivity contribution >= 4 is 29.4 Å². The lowest BCUT2D eigenvalue weighted by Crippen LogP contribution is -2.24. The molecule has 7 nitrogen and oxygen atoms in total. The molecule has 0 radical (unpaired) electrons. The molecule has 4 N–H and O–H groups in total. The van der Waals surface area contributed by atoms with Gasteiger partial charge in [0.05, 0.1) is 5.92 Å². The molecular formula is C32H39ClN2O5. The van der Waals surface area contributed by atoms with Gasteiger partial charge in [-0.05, 0) is 99.9 Å². The van der Waals surface area contributed by atoms with Gasteiger partial charge in [-0.2, -0.15) is 0 Å². The molecule has 3 rings (SSSR count). The number of halogens is 1. The normalized spacial score (nSPS) is 12.2. The van der Waals surface area contributed by atoms with Crippen LogP contribution in [0.3, 0.4) is 0 Å². The minimum Gasteiger partial charge on any atom is -0.481 e. The highest BCUT2D eigenvalue weighted by atomic mass is 35.5. The average Bonchev–Trinajstić information content (AvgIpc) is 2.87. The molecule has 0 fully saturated rings. The van der Waals surface area contributed by atoms with Gasteiger partial charge < -0.3 is 20.8 Å². The molecule has 0 saturated heterocycles. The first-order valence-corrected chi connectivity index (χ1v) is 13.4. The number of aliphatic carboxylic acids is 1. The SMILES string of the molecule is Cc1cc(CCC(=O)OC(C)(C)C)ccc1/C(N)=N/O.Cc1ccc(CC(C(=O)O)c2ccc(Cl)cc2)cc1C. The molecule has 0 spiro atoms. The molecule has 1 atom stereocenters. The number of oxime groups is 1. The number of benzene rings is 3. The van der Waals surface area contributed by atoms with E-state index in [2.05, 4.69) is 11.2 Å². The molecule has 0 aliphatic rings. The second kappa shape index (κ2) is 14.5. The number of carbonyl (C=O) groups is 2. The maximum Gasteiger partial charge on any atom is 0.311 e. The van der Waals surface area contributed by atoms with E-state index in [4.69, 9.17) is 27.3 Å². The summed E-state index contributed by atoms with van der Waals surface area (Å²) in [6, 6.07) is 18.7. The maximum atomic E-state index is 11.6. The molecular weight excluding hydrogens is 528 g/mol. The fourth-order valence-corrected chi connectivity index (χ4v) is 4.20. The zero-order chi connectivity index (χ0) is 30.0. The first-order chi connectivity index (χ1) is 18.7. The van der Waals surface area contributed by atoms with E-state index in [1.54, 1.807) is 30.3 Å². The van der Waals surface area contributed by atoms with Crippen LogP contribution in [0.15, 0.2) is 65.8 Å². The number of carboxylic acids is 1. The summed E-state index contributed by atoms with van der Waals surface area (Å²) in [6.07, 6.45) is 1.42. The summed E-state index contributed by atoms with van der Waals surface area (Å²) >= 11 is 5.85. The highest BCUT2D eigenvalue weighted by molar-refractivity contribution is 6.30. The van der Waals surface area contributed by atoms with Crippen molar-refractivity contribution in [2.24, 2.45) is 10.9 Å². The number of ether oxygens (including phenoxy) is 1. The lowest BCUT2D eigenvalue weighted by Gasteiger charge is -2.19. The van der Waals surface area contributed by atoms with Crippen molar-refractivity contribution < 1.29 is 24.6 Å². The predicted molar refractivity (Wildman–Crippen MR) is 159 cm³/mol. The fraction of sp³-hybridized carbons (Fsp3) is 0.344. The van der Waals surface area contributed by atoms with Crippen LogP contribution < -0.4 is 5.73 Å². The van der Waals surface area contributed by atoms with E-state index in [0.717, 1.165) is 22.3 Å². The Hall–Kier alpha value is -3.84. The third kappa shape index (κ3) is 10.4. The molecule has 0 saturated carbocycles. The molecule has 0 aliphatic carbocycles. The minimum absolute atomic E-state index is 0.0844. The predicted octanol–water partition coefficient (Wildman–Crippen LogP) is 6.73. The Bertz CT molecular complexity index is 1340. The highest BCUT2D eigenvalue weighted by Crippen LogP contribution is 2.24. The number of amidine groups is 1. The van der Waals surface area contributed by atoms with E-state index in [1.807, 2.05) is 65.8 Å². The van der Waals surface area contributed by atoms with Crippen LogP contribution in [0.1, 0.15) is 72.1 Å². The molecule has 8 heteroatoms. The van der Waals surface area contributed by atoms with E-state index >= 15 is 0 Å². The van der Waals surface area contributed by atoms with Gasteiger partial charge in [0.1, 0.15) is 5.60 Å². The van der Waals surface area contributed by atoms with Crippen LogP contribution >= 0.6 is 11.6 Å². The second-order valence-corrected chi connectivity index (χ2v) is 11.2. The molecule has 0 aliphatic heterocycles. The van der Waals surface area contributed by atoms with E-state index in [-0.39, 0.29) is 11.8 Å². The van der Waals surface area contributed by atoms with Gasteiger partial charge in [-0.1, -0.05) is 65.3 Å². The van der Waals surface area contributed by atoms with Crippen molar-refractivity contribution in [3.8, 4) is 0 Å². The lowest BCUT2D eigenvalue weighted by atomic mass is 9.91. The van der Waals surface area contributed by atoms with Crippen LogP contribution in [0.2, 0.25) is 5.02 Å². The van der Waals surface area contributed by atoms with Gasteiger partial charge >= 0.3 is 11.9 Å². The fourth-order valence-electron chi connectivity index (χ4n) is 4.07. The molecule has 0 aromatic heterocycles. The first kappa shape index (κ1) is 32.4. The Morgan fingerprint density at radius 2 is 1.52 bits per heavy atom. The smallest absolute Gasteiger partial charge is 0.311 e. The Morgan fingerprint density at radius 1 is 0.925 bits per heavy atom. The Morgan fingerprint density at radius 3 is 2.05 bits per heavy atom. The van der Waals surface area contributed by atoms with Crippen LogP contribution in [0.4, 0.5) is 0 Å². The van der Waals surface area contributed by atoms with Gasteiger partial charge in [0.2, 0.25) is 0 Å². The van der Waals surface area contributed by atoms with Gasteiger partial charge in [-0.3, -0.25) is 9.59 Å². The molecule has 1 unspecified atom stereocenters. The number of carbonyl (C=O) groups excluding carboxylic acids is 1. The van der Waals surface area contributed by atoms with Gasteiger partial charge in [0.25, 0.3) is 0 Å². The zero-order valence-electron chi connectivity index (χ0n) is 24.0. The number of carboxylic acid groups (broad SMARTS) is 1. The molecule has 214 valence electrons. The van der Waals surface area contributed by atoms with Crippen molar-refractivity contribution in [1.82, 2.24) is 0 Å². The van der Waals surface area contributed by atoms with Crippen molar-refractivity contribution in [2.75, 3.05) is 0 Å². The minimum atomic E-state index is -0.814. The summed E-state index contributed by atoms with van der Waals surface area (Å²) in [6.45, 7) is 11.5. The van der Waals surface area contributed by atoms with E-state index in [0.29, 0.717) is 29.8 Å². The number of aryl methyl sites for hydroxylation is 4. The third-order valence-electron chi connectivity index (χ3n) is 6.29. The Labute approximate surface area is 241 Å². The first-order valence-electron chi connectivity index (χ1n) is 13.0. The standard InChI is InChI=1S/C17H17ClO2.C15H22N2O3/c1-11-3-4-13(9-12(11)2)10-16(17(19)20)14-5-7-15(18)8-6-14;1-10-9-11(5-7-12(10)14(16)17-19)6-8-13(18)20-15(2,3)4/h3-9,16H,10H2,1-2H3,(H,19,20);5,7,9,19H,6,8H2,1-4H3,(H2,16,17). The van der Waals surface area contributed by atoms with Crippen LogP contribution in [0, 0.1) is 20.8 Å². The van der Waals surface area contributed by atoms with Crippen LogP contribution in [-0.4, -0.2) is 33.7 Å². The molecule has 0 heterocycles. The Kier molecular flexibility index (Phi) is 11.7. The number of hydrogen-bond acceptors (Lipinski definition) is 5. The number of nitrogens with zero attached hydrogens (tertiary/aromatic N) is 1. The van der Waals surface area contributed by atoms with Gasteiger partial charge in [0, 0.05) is 17.0 Å². The molecule has 40 heavy (non-hydrogen) atoms. The monoisotopic (exact) mass is 566 g/mol. The van der Waals surface area contributed by atoms with E-state index < -0.39 is 17.5 Å². The average molecular weight is 567 g/mol. The van der Waals surface area contributed by atoms with Crippen molar-refractivity contribution in [3.05, 3.63) is 105 Å². The maximum absolute atomic E-state index is 11.6. The number of rotatable bonds is 8. The van der Waals surface area contributed by atoms with E-state index in [1.165, 1.54) is 11.1 Å². The summed E-state index contributed by atoms with van der Waals surface area (Å²) in [7, 11) is 0. The Balaban J connectivity index is 0.000000280. The van der Waals surface area contributed by atoms with Crippen LogP contribution in [0.5, 0.6) is 0 Å². The number of esters is 1. The molecule has 0 bridgehead atoms. The summed E-state index contributed by atoms with van der Waals surface area (Å²) in [4.78, 5) is 23.2. The van der Waals surface area contributed by atoms with Crippen molar-refractivity contribution in [2.45, 2.75) is 72.3 Å². The van der Waals surface area contributed by atoms with E-state index in [9.17, 15) is 14.7 Å². The number of hydrogen-bond donors (Lipinski definition) is 3. The van der Waals surface area contributed by atoms with Crippen LogP contribution in [0.25, 0.3) is 0 Å². The quantitative estimate of drug-likeness (QED) is 0.0913. The van der Waals surface area contributed by atoms with Gasteiger partial charge in [-0.15, -0.1) is 0 Å². The molecule has 0 amide bonds. The summed E-state index contributed by atoms with van der Waals surface area (Å²) in [5, 5.41) is 21.7.